The second-order valence-electron chi connectivity index (χ2n) is 3.38. The molecule has 16 heavy (non-hydrogen) atoms. The van der Waals surface area contributed by atoms with Gasteiger partial charge in [0.05, 0.1) is 5.69 Å². The molecule has 0 saturated heterocycles. The van der Waals surface area contributed by atoms with Crippen LogP contribution in [0.25, 0.3) is 11.3 Å². The van der Waals surface area contributed by atoms with E-state index < -0.39 is 0 Å². The van der Waals surface area contributed by atoms with Crippen molar-refractivity contribution in [1.29, 1.82) is 0 Å². The van der Waals surface area contributed by atoms with Gasteiger partial charge in [0, 0.05) is 29.4 Å². The summed E-state index contributed by atoms with van der Waals surface area (Å²) in [5.41, 5.74) is 3.28. The van der Waals surface area contributed by atoms with Crippen LogP contribution in [0.2, 0.25) is 0 Å². The highest BCUT2D eigenvalue weighted by Crippen LogP contribution is 2.29. The van der Waals surface area contributed by atoms with Crippen LogP contribution in [-0.2, 0) is 0 Å². The molecule has 0 saturated carbocycles. The van der Waals surface area contributed by atoms with Crippen LogP contribution in [0.1, 0.15) is 0 Å². The van der Waals surface area contributed by atoms with Crippen molar-refractivity contribution in [3.05, 3.63) is 42.6 Å². The Hall–Kier alpha value is -1.48. The van der Waals surface area contributed by atoms with Gasteiger partial charge >= 0.3 is 0 Å². The van der Waals surface area contributed by atoms with Gasteiger partial charge in [0.15, 0.2) is 0 Å². The van der Waals surface area contributed by atoms with Crippen LogP contribution in [0.15, 0.2) is 47.5 Å². The zero-order valence-corrected chi connectivity index (χ0v) is 10.2. The Morgan fingerprint density at radius 1 is 1.19 bits per heavy atom. The number of aromatic nitrogens is 1. The highest BCUT2D eigenvalue weighted by molar-refractivity contribution is 7.98. The molecule has 2 rings (SSSR count). The summed E-state index contributed by atoms with van der Waals surface area (Å²) in [4.78, 5) is 5.67. The minimum absolute atomic E-state index is 1.01. The molecule has 3 heteroatoms. The Labute approximate surface area is 100 Å². The van der Waals surface area contributed by atoms with Crippen LogP contribution in [0.3, 0.4) is 0 Å². The summed E-state index contributed by atoms with van der Waals surface area (Å²) in [6.07, 6.45) is 3.92. The normalized spacial score (nSPS) is 10.1. The maximum atomic E-state index is 4.41. The zero-order chi connectivity index (χ0) is 11.4. The summed E-state index contributed by atoms with van der Waals surface area (Å²) in [5, 5.41) is 3.13. The first kappa shape index (κ1) is 11.0. The average Bonchev–Trinajstić information content (AvgIpc) is 2.38. The Kier molecular flexibility index (Phi) is 3.47. The minimum atomic E-state index is 1.01. The fourth-order valence-electron chi connectivity index (χ4n) is 1.59. The molecule has 1 heterocycles. The number of nitrogens with zero attached hydrogens (tertiary/aromatic N) is 1. The topological polar surface area (TPSA) is 24.9 Å². The van der Waals surface area contributed by atoms with Crippen LogP contribution in [0, 0.1) is 0 Å². The van der Waals surface area contributed by atoms with Gasteiger partial charge in [-0.1, -0.05) is 18.2 Å². The van der Waals surface area contributed by atoms with Crippen molar-refractivity contribution < 1.29 is 0 Å². The van der Waals surface area contributed by atoms with E-state index in [2.05, 4.69) is 40.8 Å². The van der Waals surface area contributed by atoms with E-state index in [0.29, 0.717) is 0 Å². The lowest BCUT2D eigenvalue weighted by Crippen LogP contribution is -1.91. The Balaban J connectivity index is 2.49. The highest BCUT2D eigenvalue weighted by Gasteiger charge is 2.04. The van der Waals surface area contributed by atoms with Crippen LogP contribution in [0.5, 0.6) is 0 Å². The first-order chi connectivity index (χ1) is 7.85. The molecule has 0 aliphatic rings. The number of rotatable bonds is 3. The van der Waals surface area contributed by atoms with E-state index in [1.54, 1.807) is 11.8 Å². The van der Waals surface area contributed by atoms with Crippen LogP contribution in [0.4, 0.5) is 5.69 Å². The first-order valence-electron chi connectivity index (χ1n) is 5.12. The lowest BCUT2D eigenvalue weighted by Gasteiger charge is -2.07. The molecule has 0 unspecified atom stereocenters. The van der Waals surface area contributed by atoms with Gasteiger partial charge in [-0.2, -0.15) is 0 Å². The van der Waals surface area contributed by atoms with Gasteiger partial charge in [-0.3, -0.25) is 4.98 Å². The van der Waals surface area contributed by atoms with Gasteiger partial charge in [-0.15, -0.1) is 11.8 Å². The van der Waals surface area contributed by atoms with Crippen molar-refractivity contribution in [2.24, 2.45) is 0 Å². The highest BCUT2D eigenvalue weighted by atomic mass is 32.2. The zero-order valence-electron chi connectivity index (χ0n) is 9.40. The number of anilines is 1. The van der Waals surface area contributed by atoms with Gasteiger partial charge in [-0.25, -0.2) is 0 Å². The van der Waals surface area contributed by atoms with Crippen LogP contribution >= 0.6 is 11.8 Å². The van der Waals surface area contributed by atoms with E-state index in [1.165, 1.54) is 10.5 Å². The average molecular weight is 230 g/mol. The molecule has 2 nitrogen and oxygen atoms in total. The van der Waals surface area contributed by atoms with E-state index >= 15 is 0 Å². The second-order valence-corrected chi connectivity index (χ2v) is 4.23. The monoisotopic (exact) mass is 230 g/mol. The van der Waals surface area contributed by atoms with Crippen LogP contribution < -0.4 is 5.32 Å². The lowest BCUT2D eigenvalue weighted by molar-refractivity contribution is 1.29. The standard InChI is InChI=1S/C13H14N2S/c1-14-10-7-8-15-12(9-10)11-5-3-4-6-13(11)16-2/h3-9H,1-2H3,(H,14,15). The smallest absolute Gasteiger partial charge is 0.0733 e. The molecular weight excluding hydrogens is 216 g/mol. The number of nitrogens with one attached hydrogen (secondary N) is 1. The van der Waals surface area contributed by atoms with Crippen molar-refractivity contribution in [3.63, 3.8) is 0 Å². The molecule has 82 valence electrons. The third kappa shape index (κ3) is 2.19. The summed E-state index contributed by atoms with van der Waals surface area (Å²) in [6.45, 7) is 0. The summed E-state index contributed by atoms with van der Waals surface area (Å²) < 4.78 is 0. The predicted molar refractivity (Wildman–Crippen MR) is 71.0 cm³/mol. The van der Waals surface area contributed by atoms with Gasteiger partial charge in [0.25, 0.3) is 0 Å². The molecule has 1 N–H and O–H groups in total. The molecule has 0 atom stereocenters. The van der Waals surface area contributed by atoms with E-state index in [1.807, 2.05) is 25.4 Å². The summed E-state index contributed by atoms with van der Waals surface area (Å²) in [5.74, 6) is 0. The second kappa shape index (κ2) is 5.03. The van der Waals surface area contributed by atoms with Gasteiger partial charge in [-0.05, 0) is 24.5 Å². The Bertz CT molecular complexity index is 483. The molecule has 0 spiro atoms. The fraction of sp³-hybridized carbons (Fsp3) is 0.154. The molecule has 0 bridgehead atoms. The fourth-order valence-corrected chi connectivity index (χ4v) is 2.20. The first-order valence-corrected chi connectivity index (χ1v) is 6.35. The van der Waals surface area contributed by atoms with Gasteiger partial charge in [0.2, 0.25) is 0 Å². The molecule has 0 amide bonds. The SMILES string of the molecule is CNc1ccnc(-c2ccccc2SC)c1. The molecule has 1 aromatic heterocycles. The third-order valence-electron chi connectivity index (χ3n) is 2.43. The molecule has 0 aliphatic heterocycles. The maximum Gasteiger partial charge on any atom is 0.0733 e. The number of hydrogen-bond acceptors (Lipinski definition) is 3. The van der Waals surface area contributed by atoms with Crippen LogP contribution in [-0.4, -0.2) is 18.3 Å². The Morgan fingerprint density at radius 2 is 2.00 bits per heavy atom. The summed E-state index contributed by atoms with van der Waals surface area (Å²) in [7, 11) is 1.92. The largest absolute Gasteiger partial charge is 0.388 e. The maximum absolute atomic E-state index is 4.41. The van der Waals surface area contributed by atoms with Crippen molar-refractivity contribution in [1.82, 2.24) is 4.98 Å². The molecular formula is C13H14N2S. The van der Waals surface area contributed by atoms with E-state index in [-0.39, 0.29) is 0 Å². The molecule has 2 aromatic rings. The van der Waals surface area contributed by atoms with Crippen molar-refractivity contribution in [2.75, 3.05) is 18.6 Å². The molecule has 0 radical (unpaired) electrons. The lowest BCUT2D eigenvalue weighted by atomic mass is 10.1. The summed E-state index contributed by atoms with van der Waals surface area (Å²) >= 11 is 1.74. The Morgan fingerprint density at radius 3 is 2.75 bits per heavy atom. The van der Waals surface area contributed by atoms with Crippen molar-refractivity contribution >= 4 is 17.4 Å². The quantitative estimate of drug-likeness (QED) is 0.817. The minimum Gasteiger partial charge on any atom is -0.388 e. The van der Waals surface area contributed by atoms with E-state index in [4.69, 9.17) is 0 Å². The van der Waals surface area contributed by atoms with Crippen molar-refractivity contribution in [3.8, 4) is 11.3 Å². The third-order valence-corrected chi connectivity index (χ3v) is 3.23. The van der Waals surface area contributed by atoms with E-state index in [9.17, 15) is 0 Å². The van der Waals surface area contributed by atoms with E-state index in [0.717, 1.165) is 11.4 Å². The number of thioether (sulfide) groups is 1. The van der Waals surface area contributed by atoms with Gasteiger partial charge < -0.3 is 5.32 Å². The number of pyridine rings is 1. The van der Waals surface area contributed by atoms with Gasteiger partial charge in [0.1, 0.15) is 0 Å². The predicted octanol–water partition coefficient (Wildman–Crippen LogP) is 3.51. The molecule has 0 fully saturated rings. The van der Waals surface area contributed by atoms with Crippen molar-refractivity contribution in [2.45, 2.75) is 4.90 Å². The summed E-state index contributed by atoms with van der Waals surface area (Å²) in [6, 6.07) is 12.3. The number of hydrogen-bond donors (Lipinski definition) is 1. The molecule has 1 aromatic carbocycles. The number of benzene rings is 1. The molecule has 0 aliphatic carbocycles.